The second-order valence-corrected chi connectivity index (χ2v) is 5.31. The maximum atomic E-state index is 12.1. The van der Waals surface area contributed by atoms with Gasteiger partial charge in [-0.2, -0.15) is 0 Å². The average molecular weight is 265 g/mol. The van der Waals surface area contributed by atoms with Crippen LogP contribution in [0.15, 0.2) is 23.1 Å². The number of sulfone groups is 1. The van der Waals surface area contributed by atoms with Gasteiger partial charge in [-0.15, -0.1) is 0 Å². The van der Waals surface area contributed by atoms with Crippen molar-refractivity contribution in [2.24, 2.45) is 0 Å². The maximum absolute atomic E-state index is 12.1. The SMILES string of the molecule is CCOc1ccc(N)c(S(=O)(=O)CC(F)F)c1. The predicted octanol–water partition coefficient (Wildman–Crippen LogP) is 1.71. The van der Waals surface area contributed by atoms with Crippen molar-refractivity contribution in [3.8, 4) is 5.75 Å². The Balaban J connectivity index is 3.16. The highest BCUT2D eigenvalue weighted by atomic mass is 32.2. The molecule has 0 aliphatic carbocycles. The highest BCUT2D eigenvalue weighted by molar-refractivity contribution is 7.91. The first-order valence-electron chi connectivity index (χ1n) is 4.90. The molecular formula is C10H13F2NO3S. The highest BCUT2D eigenvalue weighted by Crippen LogP contribution is 2.26. The Bertz CT molecular complexity index is 488. The molecule has 1 aromatic rings. The van der Waals surface area contributed by atoms with Crippen LogP contribution in [0.25, 0.3) is 0 Å². The first-order chi connectivity index (χ1) is 7.86. The van der Waals surface area contributed by atoms with E-state index in [9.17, 15) is 17.2 Å². The molecule has 0 radical (unpaired) electrons. The van der Waals surface area contributed by atoms with Crippen LogP contribution in [0.4, 0.5) is 14.5 Å². The zero-order valence-electron chi connectivity index (χ0n) is 9.19. The summed E-state index contributed by atoms with van der Waals surface area (Å²) in [7, 11) is -4.09. The van der Waals surface area contributed by atoms with E-state index in [0.717, 1.165) is 6.07 Å². The van der Waals surface area contributed by atoms with Gasteiger partial charge in [0.1, 0.15) is 11.5 Å². The largest absolute Gasteiger partial charge is 0.494 e. The molecule has 0 saturated carbocycles. The molecule has 0 aromatic heterocycles. The molecule has 4 nitrogen and oxygen atoms in total. The molecule has 0 bridgehead atoms. The summed E-state index contributed by atoms with van der Waals surface area (Å²) in [5.74, 6) is -0.957. The van der Waals surface area contributed by atoms with Gasteiger partial charge in [0.05, 0.1) is 17.2 Å². The number of rotatable bonds is 5. The summed E-state index contributed by atoms with van der Waals surface area (Å²) in [4.78, 5) is -0.316. The van der Waals surface area contributed by atoms with Gasteiger partial charge in [-0.3, -0.25) is 0 Å². The van der Waals surface area contributed by atoms with Crippen LogP contribution in [-0.4, -0.2) is 27.2 Å². The lowest BCUT2D eigenvalue weighted by Crippen LogP contribution is -2.15. The van der Waals surface area contributed by atoms with Crippen LogP contribution in [0.2, 0.25) is 0 Å². The molecule has 0 atom stereocenters. The summed E-state index contributed by atoms with van der Waals surface area (Å²) in [5, 5.41) is 0. The van der Waals surface area contributed by atoms with Gasteiger partial charge >= 0.3 is 0 Å². The van der Waals surface area contributed by atoms with E-state index >= 15 is 0 Å². The summed E-state index contributed by atoms with van der Waals surface area (Å²) in [6.45, 7) is 2.07. The van der Waals surface area contributed by atoms with Gasteiger partial charge in [0.25, 0.3) is 6.43 Å². The van der Waals surface area contributed by atoms with Crippen molar-refractivity contribution in [3.05, 3.63) is 18.2 Å². The van der Waals surface area contributed by atoms with Crippen LogP contribution in [-0.2, 0) is 9.84 Å². The summed E-state index contributed by atoms with van der Waals surface area (Å²) in [5.41, 5.74) is 5.41. The lowest BCUT2D eigenvalue weighted by Gasteiger charge is -2.09. The van der Waals surface area contributed by atoms with Gasteiger partial charge in [0.15, 0.2) is 9.84 Å². The Kier molecular flexibility index (Phi) is 4.28. The van der Waals surface area contributed by atoms with Crippen LogP contribution < -0.4 is 10.5 Å². The van der Waals surface area contributed by atoms with Crippen LogP contribution in [0, 0.1) is 0 Å². The molecule has 0 aliphatic rings. The zero-order valence-corrected chi connectivity index (χ0v) is 10.0. The summed E-state index contributed by atoms with van der Waals surface area (Å²) < 4.78 is 52.6. The highest BCUT2D eigenvalue weighted by Gasteiger charge is 2.23. The average Bonchev–Trinajstić information content (AvgIpc) is 2.19. The third kappa shape index (κ3) is 3.55. The Morgan fingerprint density at radius 2 is 2.06 bits per heavy atom. The van der Waals surface area contributed by atoms with Gasteiger partial charge in [-0.05, 0) is 19.1 Å². The fourth-order valence-corrected chi connectivity index (χ4v) is 2.53. The number of nitrogen functional groups attached to an aromatic ring is 1. The standard InChI is InChI=1S/C10H13F2NO3S/c1-2-16-7-3-4-8(13)9(5-7)17(14,15)6-10(11)12/h3-5,10H,2,6,13H2,1H3. The molecule has 0 amide bonds. The monoisotopic (exact) mass is 265 g/mol. The molecule has 0 fully saturated rings. The van der Waals surface area contributed by atoms with Crippen LogP contribution in [0.5, 0.6) is 5.75 Å². The second-order valence-electron chi connectivity index (χ2n) is 3.31. The topological polar surface area (TPSA) is 69.4 Å². The summed E-state index contributed by atoms with van der Waals surface area (Å²) in [6.07, 6.45) is -2.94. The number of alkyl halides is 2. The summed E-state index contributed by atoms with van der Waals surface area (Å²) >= 11 is 0. The third-order valence-corrected chi connectivity index (χ3v) is 3.69. The third-order valence-electron chi connectivity index (χ3n) is 1.98. The number of halogens is 2. The first kappa shape index (κ1) is 13.7. The molecule has 96 valence electrons. The molecule has 2 N–H and O–H groups in total. The molecule has 1 rings (SSSR count). The normalized spacial score (nSPS) is 11.8. The van der Waals surface area contributed by atoms with Crippen molar-refractivity contribution in [1.29, 1.82) is 0 Å². The van der Waals surface area contributed by atoms with E-state index in [1.165, 1.54) is 12.1 Å². The Hall–Kier alpha value is -1.37. The molecule has 0 aliphatic heterocycles. The number of anilines is 1. The van der Waals surface area contributed by atoms with Gasteiger partial charge in [-0.25, -0.2) is 17.2 Å². The molecule has 17 heavy (non-hydrogen) atoms. The van der Waals surface area contributed by atoms with E-state index in [1.807, 2.05) is 0 Å². The fourth-order valence-electron chi connectivity index (χ4n) is 1.30. The Labute approximate surface area is 98.3 Å². The number of nitrogens with two attached hydrogens (primary N) is 1. The molecule has 0 heterocycles. The van der Waals surface area contributed by atoms with Crippen molar-refractivity contribution in [3.63, 3.8) is 0 Å². The molecule has 1 aromatic carbocycles. The maximum Gasteiger partial charge on any atom is 0.252 e. The smallest absolute Gasteiger partial charge is 0.252 e. The van der Waals surface area contributed by atoms with E-state index in [0.29, 0.717) is 6.61 Å². The minimum Gasteiger partial charge on any atom is -0.494 e. The Morgan fingerprint density at radius 1 is 1.41 bits per heavy atom. The van der Waals surface area contributed by atoms with Gasteiger partial charge in [0.2, 0.25) is 0 Å². The lowest BCUT2D eigenvalue weighted by molar-refractivity contribution is 0.174. The van der Waals surface area contributed by atoms with Crippen molar-refractivity contribution in [1.82, 2.24) is 0 Å². The molecule has 0 spiro atoms. The second kappa shape index (κ2) is 5.31. The summed E-state index contributed by atoms with van der Waals surface area (Å²) in [6, 6.07) is 3.97. The molecule has 0 unspecified atom stereocenters. The molecule has 7 heteroatoms. The van der Waals surface area contributed by atoms with Crippen LogP contribution >= 0.6 is 0 Å². The van der Waals surface area contributed by atoms with E-state index in [1.54, 1.807) is 6.92 Å². The van der Waals surface area contributed by atoms with Crippen molar-refractivity contribution in [2.45, 2.75) is 18.2 Å². The van der Waals surface area contributed by atoms with Gasteiger partial charge < -0.3 is 10.5 Å². The number of hydrogen-bond donors (Lipinski definition) is 1. The fraction of sp³-hybridized carbons (Fsp3) is 0.400. The quantitative estimate of drug-likeness (QED) is 0.823. The minimum absolute atomic E-state index is 0.0610. The van der Waals surface area contributed by atoms with Crippen molar-refractivity contribution in [2.75, 3.05) is 18.1 Å². The van der Waals surface area contributed by atoms with Crippen molar-refractivity contribution >= 4 is 15.5 Å². The number of hydrogen-bond acceptors (Lipinski definition) is 4. The first-order valence-corrected chi connectivity index (χ1v) is 6.55. The van der Waals surface area contributed by atoms with Crippen molar-refractivity contribution < 1.29 is 21.9 Å². The van der Waals surface area contributed by atoms with Crippen LogP contribution in [0.1, 0.15) is 6.92 Å². The van der Waals surface area contributed by atoms with E-state index in [2.05, 4.69) is 0 Å². The molecule has 0 saturated heterocycles. The van der Waals surface area contributed by atoms with Gasteiger partial charge in [-0.1, -0.05) is 0 Å². The number of benzene rings is 1. The zero-order chi connectivity index (χ0) is 13.1. The molecular weight excluding hydrogens is 252 g/mol. The predicted molar refractivity (Wildman–Crippen MR) is 60.1 cm³/mol. The van der Waals surface area contributed by atoms with E-state index < -0.39 is 22.0 Å². The van der Waals surface area contributed by atoms with E-state index in [4.69, 9.17) is 10.5 Å². The number of ether oxygens (including phenoxy) is 1. The lowest BCUT2D eigenvalue weighted by atomic mass is 10.3. The Morgan fingerprint density at radius 3 is 2.59 bits per heavy atom. The van der Waals surface area contributed by atoms with Gasteiger partial charge in [0, 0.05) is 6.07 Å². The van der Waals surface area contributed by atoms with E-state index in [-0.39, 0.29) is 16.3 Å². The minimum atomic E-state index is -4.09. The van der Waals surface area contributed by atoms with Crippen LogP contribution in [0.3, 0.4) is 0 Å².